The molecule has 1 aromatic carbocycles. The average molecular weight is 297 g/mol. The van der Waals surface area contributed by atoms with Crippen molar-refractivity contribution in [3.63, 3.8) is 0 Å². The Morgan fingerprint density at radius 3 is 3.00 bits per heavy atom. The van der Waals surface area contributed by atoms with E-state index < -0.39 is 0 Å². The fraction of sp³-hybridized carbons (Fsp3) is 0.250. The summed E-state index contributed by atoms with van der Waals surface area (Å²) in [6.45, 7) is 0.382. The number of rotatable bonds is 2. The molecule has 1 aromatic rings. The van der Waals surface area contributed by atoms with Crippen LogP contribution in [0.3, 0.4) is 0 Å². The maximum Gasteiger partial charge on any atom is 0.211 e. The number of anilines is 1. The van der Waals surface area contributed by atoms with Gasteiger partial charge in [0, 0.05) is 18.3 Å². The number of benzene rings is 1. The van der Waals surface area contributed by atoms with Crippen LogP contribution in [-0.4, -0.2) is 42.1 Å². The van der Waals surface area contributed by atoms with Gasteiger partial charge in [-0.3, -0.25) is 4.79 Å². The van der Waals surface area contributed by atoms with Gasteiger partial charge in [0.2, 0.25) is 11.7 Å². The molecule has 0 bridgehead atoms. The quantitative estimate of drug-likeness (QED) is 0.631. The van der Waals surface area contributed by atoms with Gasteiger partial charge in [-0.15, -0.1) is 0 Å². The molecule has 2 aliphatic heterocycles. The molecule has 1 unspecified atom stereocenters. The number of nitrogens with one attached hydrogen (secondary N) is 1. The number of allylic oxidation sites excluding steroid dienone is 3. The lowest BCUT2D eigenvalue weighted by molar-refractivity contribution is 0.0963. The van der Waals surface area contributed by atoms with Crippen molar-refractivity contribution in [1.29, 1.82) is 5.26 Å². The summed E-state index contributed by atoms with van der Waals surface area (Å²) in [5, 5.41) is 21.5. The van der Waals surface area contributed by atoms with Crippen molar-refractivity contribution < 1.29 is 14.6 Å². The van der Waals surface area contributed by atoms with Crippen LogP contribution in [0.25, 0.3) is 0 Å². The summed E-state index contributed by atoms with van der Waals surface area (Å²) in [7, 11) is 1.78. The second kappa shape index (κ2) is 5.54. The first-order valence-electron chi connectivity index (χ1n) is 6.89. The van der Waals surface area contributed by atoms with Gasteiger partial charge in [-0.25, -0.2) is 0 Å². The third-order valence-electron chi connectivity index (χ3n) is 3.63. The highest BCUT2D eigenvalue weighted by molar-refractivity contribution is 6.18. The predicted octanol–water partition coefficient (Wildman–Crippen LogP) is 1.24. The van der Waals surface area contributed by atoms with Gasteiger partial charge in [-0.1, -0.05) is 12.1 Å². The van der Waals surface area contributed by atoms with Crippen LogP contribution in [0.2, 0.25) is 0 Å². The fourth-order valence-electron chi connectivity index (χ4n) is 2.56. The van der Waals surface area contributed by atoms with Gasteiger partial charge in [0.25, 0.3) is 0 Å². The van der Waals surface area contributed by atoms with Gasteiger partial charge in [0.1, 0.15) is 17.7 Å². The number of ether oxygens (including phenoxy) is 1. The van der Waals surface area contributed by atoms with E-state index in [2.05, 4.69) is 11.4 Å². The molecule has 3 rings (SSSR count). The van der Waals surface area contributed by atoms with E-state index in [9.17, 15) is 10.1 Å². The molecule has 0 saturated carbocycles. The monoisotopic (exact) mass is 297 g/mol. The summed E-state index contributed by atoms with van der Waals surface area (Å²) in [4.78, 5) is 14.1. The minimum atomic E-state index is -0.355. The van der Waals surface area contributed by atoms with E-state index in [-0.39, 0.29) is 24.1 Å². The number of fused-ring (bicyclic) bond motifs is 1. The molecule has 2 heterocycles. The lowest BCUT2D eigenvalue weighted by atomic mass is 10.1. The first-order chi connectivity index (χ1) is 10.6. The molecule has 0 radical (unpaired) electrons. The number of aliphatic hydroxyl groups is 1. The molecular formula is C16H15N3O3. The molecule has 1 atom stereocenters. The van der Waals surface area contributed by atoms with Crippen LogP contribution in [0.5, 0.6) is 0 Å². The van der Waals surface area contributed by atoms with Crippen molar-refractivity contribution in [2.45, 2.75) is 6.10 Å². The Kier molecular flexibility index (Phi) is 3.57. The van der Waals surface area contributed by atoms with Gasteiger partial charge >= 0.3 is 0 Å². The van der Waals surface area contributed by atoms with E-state index in [1.54, 1.807) is 24.1 Å². The smallest absolute Gasteiger partial charge is 0.211 e. The molecule has 0 amide bonds. The lowest BCUT2D eigenvalue weighted by Gasteiger charge is -2.10. The molecule has 0 aliphatic carbocycles. The van der Waals surface area contributed by atoms with Crippen molar-refractivity contribution in [3.8, 4) is 6.07 Å². The molecule has 1 saturated heterocycles. The maximum atomic E-state index is 12.3. The van der Waals surface area contributed by atoms with Crippen molar-refractivity contribution >= 4 is 11.5 Å². The van der Waals surface area contributed by atoms with E-state index in [1.807, 2.05) is 12.1 Å². The number of carbonyl (C=O) groups excluding carboxylic acids is 1. The highest BCUT2D eigenvalue weighted by atomic mass is 16.5. The number of carbonyl (C=O) groups is 1. The number of hydrogen-bond donors (Lipinski definition) is 2. The Bertz CT molecular complexity index is 730. The van der Waals surface area contributed by atoms with Crippen LogP contribution < -0.4 is 5.32 Å². The number of Topliss-reactive ketones (excluding diaryl/α,β-unsaturated/α-hetero) is 1. The van der Waals surface area contributed by atoms with E-state index in [0.29, 0.717) is 23.7 Å². The summed E-state index contributed by atoms with van der Waals surface area (Å²) >= 11 is 0. The van der Waals surface area contributed by atoms with E-state index >= 15 is 0 Å². The normalized spacial score (nSPS) is 23.9. The summed E-state index contributed by atoms with van der Waals surface area (Å²) in [5.74, 6) is 0.225. The minimum Gasteiger partial charge on any atom is -0.470 e. The molecule has 0 spiro atoms. The van der Waals surface area contributed by atoms with Crippen LogP contribution >= 0.6 is 0 Å². The highest BCUT2D eigenvalue weighted by Gasteiger charge is 2.29. The summed E-state index contributed by atoms with van der Waals surface area (Å²) < 4.78 is 5.55. The van der Waals surface area contributed by atoms with Gasteiger partial charge in [-0.2, -0.15) is 5.26 Å². The number of aliphatic hydroxyl groups excluding tert-OH is 1. The van der Waals surface area contributed by atoms with Crippen LogP contribution in [0, 0.1) is 11.3 Å². The summed E-state index contributed by atoms with van der Waals surface area (Å²) in [5.41, 5.74) is 1.91. The Morgan fingerprint density at radius 1 is 1.59 bits per heavy atom. The maximum absolute atomic E-state index is 12.3. The molecule has 6 heteroatoms. The van der Waals surface area contributed by atoms with Crippen LogP contribution in [0.1, 0.15) is 10.4 Å². The number of para-hydroxylation sites is 1. The largest absolute Gasteiger partial charge is 0.470 e. The third-order valence-corrected chi connectivity index (χ3v) is 3.63. The Balaban J connectivity index is 1.95. The molecule has 6 nitrogen and oxygen atoms in total. The second-order valence-corrected chi connectivity index (χ2v) is 5.19. The van der Waals surface area contributed by atoms with Crippen molar-refractivity contribution in [2.75, 3.05) is 25.5 Å². The van der Waals surface area contributed by atoms with Gasteiger partial charge in [-0.05, 0) is 18.2 Å². The first kappa shape index (κ1) is 14.2. The van der Waals surface area contributed by atoms with E-state index in [1.165, 1.54) is 6.08 Å². The second-order valence-electron chi connectivity index (χ2n) is 5.19. The highest BCUT2D eigenvalue weighted by Crippen LogP contribution is 2.29. The Hall–Kier alpha value is -2.78. The lowest BCUT2D eigenvalue weighted by Crippen LogP contribution is -2.19. The van der Waals surface area contributed by atoms with Crippen molar-refractivity contribution in [1.82, 2.24) is 4.90 Å². The van der Waals surface area contributed by atoms with Crippen LogP contribution in [0.15, 0.2) is 47.5 Å². The Labute approximate surface area is 127 Å². The molecule has 2 aliphatic rings. The molecular weight excluding hydrogens is 282 g/mol. The zero-order valence-corrected chi connectivity index (χ0v) is 12.0. The van der Waals surface area contributed by atoms with Gasteiger partial charge < -0.3 is 20.1 Å². The van der Waals surface area contributed by atoms with E-state index in [0.717, 1.165) is 5.69 Å². The third kappa shape index (κ3) is 2.32. The number of nitrogens with zero attached hydrogens (tertiary/aromatic N) is 2. The van der Waals surface area contributed by atoms with Crippen LogP contribution in [-0.2, 0) is 4.74 Å². The molecule has 1 fully saturated rings. The molecule has 22 heavy (non-hydrogen) atoms. The molecule has 2 N–H and O–H groups in total. The van der Waals surface area contributed by atoms with Crippen LogP contribution in [0.4, 0.5) is 5.69 Å². The summed E-state index contributed by atoms with van der Waals surface area (Å²) in [6.07, 6.45) is 1.14. The average Bonchev–Trinajstić information content (AvgIpc) is 3.06. The topological polar surface area (TPSA) is 85.6 Å². The predicted molar refractivity (Wildman–Crippen MR) is 79.7 cm³/mol. The number of nitriles is 1. The molecule has 112 valence electrons. The minimum absolute atomic E-state index is 0.119. The summed E-state index contributed by atoms with van der Waals surface area (Å²) in [6, 6.07) is 9.24. The van der Waals surface area contributed by atoms with Crippen molar-refractivity contribution in [2.24, 2.45) is 0 Å². The SMILES string of the molecule is CN1CC(CO)O/C1=C(C#N)/C=C1/Nc2ccccc2C1=O. The zero-order valence-electron chi connectivity index (χ0n) is 12.0. The fourth-order valence-corrected chi connectivity index (χ4v) is 2.56. The van der Waals surface area contributed by atoms with Gasteiger partial charge in [0.05, 0.1) is 18.8 Å². The Morgan fingerprint density at radius 2 is 2.36 bits per heavy atom. The van der Waals surface area contributed by atoms with Crippen molar-refractivity contribution in [3.05, 3.63) is 53.1 Å². The van der Waals surface area contributed by atoms with E-state index in [4.69, 9.17) is 9.84 Å². The number of ketones is 1. The number of hydrogen-bond acceptors (Lipinski definition) is 6. The standard InChI is InChI=1S/C16H15N3O3/c1-19-8-11(9-20)22-16(19)10(7-17)6-14-15(21)12-4-2-3-5-13(12)18-14/h2-6,11,18,20H,8-9H2,1H3/b14-6+,16-10-. The first-order valence-corrected chi connectivity index (χ1v) is 6.89. The number of likely N-dealkylation sites (N-methyl/N-ethyl adjacent to an activating group) is 1. The zero-order chi connectivity index (χ0) is 15.7. The van der Waals surface area contributed by atoms with Gasteiger partial charge in [0.15, 0.2) is 0 Å². The molecule has 0 aromatic heterocycles.